The van der Waals surface area contributed by atoms with E-state index in [1.165, 1.54) is 0 Å². The lowest BCUT2D eigenvalue weighted by Gasteiger charge is -2.08. The molecule has 0 saturated carbocycles. The van der Waals surface area contributed by atoms with Gasteiger partial charge in [0.1, 0.15) is 5.75 Å². The summed E-state index contributed by atoms with van der Waals surface area (Å²) in [5.41, 5.74) is 0.960. The molecular weight excluding hydrogens is 265 g/mol. The summed E-state index contributed by atoms with van der Waals surface area (Å²) in [7, 11) is 1.60. The maximum Gasteiger partial charge on any atom is 0.123 e. The second-order valence-electron chi connectivity index (χ2n) is 2.74. The Labute approximate surface area is 96.6 Å². The van der Waals surface area contributed by atoms with E-state index in [0.717, 1.165) is 15.8 Å². The minimum absolute atomic E-state index is 0.467. The Morgan fingerprint density at radius 1 is 1.57 bits per heavy atom. The monoisotopic (exact) mass is 273 g/mol. The van der Waals surface area contributed by atoms with E-state index in [1.807, 2.05) is 12.1 Å². The van der Waals surface area contributed by atoms with E-state index in [4.69, 9.17) is 21.6 Å². The number of benzene rings is 1. The highest BCUT2D eigenvalue weighted by molar-refractivity contribution is 9.10. The summed E-state index contributed by atoms with van der Waals surface area (Å²) in [6.45, 7) is 0. The summed E-state index contributed by atoms with van der Waals surface area (Å²) in [6, 6.07) is 5.73. The number of hydrogen-bond donors (Lipinski definition) is 0. The Hall–Kier alpha value is -0.720. The fourth-order valence-corrected chi connectivity index (χ4v) is 1.65. The Kier molecular flexibility index (Phi) is 4.24. The zero-order valence-electron chi connectivity index (χ0n) is 7.68. The average molecular weight is 275 g/mol. The molecule has 74 valence electrons. The van der Waals surface area contributed by atoms with Crippen LogP contribution in [0.5, 0.6) is 5.75 Å². The summed E-state index contributed by atoms with van der Waals surface area (Å²) < 4.78 is 5.98. The molecule has 0 bridgehead atoms. The third kappa shape index (κ3) is 2.63. The van der Waals surface area contributed by atoms with Crippen LogP contribution in [0.4, 0.5) is 0 Å². The predicted molar refractivity (Wildman–Crippen MR) is 59.6 cm³/mol. The molecule has 0 N–H and O–H groups in total. The van der Waals surface area contributed by atoms with Crippen LogP contribution in [0.2, 0.25) is 5.02 Å². The highest BCUT2D eigenvalue weighted by Crippen LogP contribution is 2.31. The van der Waals surface area contributed by atoms with E-state index in [-0.39, 0.29) is 0 Å². The van der Waals surface area contributed by atoms with Crippen molar-refractivity contribution < 1.29 is 4.74 Å². The van der Waals surface area contributed by atoms with E-state index in [2.05, 4.69) is 22.0 Å². The Morgan fingerprint density at radius 2 is 2.29 bits per heavy atom. The minimum Gasteiger partial charge on any atom is -0.496 e. The number of methoxy groups -OCH3 is 1. The highest BCUT2D eigenvalue weighted by atomic mass is 79.9. The van der Waals surface area contributed by atoms with Crippen LogP contribution in [0.1, 0.15) is 12.0 Å². The first kappa shape index (κ1) is 11.4. The molecule has 0 spiro atoms. The van der Waals surface area contributed by atoms with Crippen molar-refractivity contribution in [3.8, 4) is 11.8 Å². The number of nitriles is 1. The Balaban J connectivity index is 3.02. The van der Waals surface area contributed by atoms with Crippen molar-refractivity contribution >= 4 is 27.5 Å². The second kappa shape index (κ2) is 5.23. The third-order valence-electron chi connectivity index (χ3n) is 1.83. The molecule has 0 aliphatic heterocycles. The zero-order valence-corrected chi connectivity index (χ0v) is 10.0. The largest absolute Gasteiger partial charge is 0.496 e. The number of nitrogens with zero attached hydrogens (tertiary/aromatic N) is 1. The first-order chi connectivity index (χ1) is 6.69. The van der Waals surface area contributed by atoms with Gasteiger partial charge in [0.25, 0.3) is 0 Å². The van der Waals surface area contributed by atoms with Crippen LogP contribution in [0.3, 0.4) is 0 Å². The van der Waals surface area contributed by atoms with Crippen LogP contribution in [-0.2, 0) is 6.42 Å². The van der Waals surface area contributed by atoms with Crippen molar-refractivity contribution in [1.82, 2.24) is 0 Å². The first-order valence-electron chi connectivity index (χ1n) is 4.08. The van der Waals surface area contributed by atoms with Crippen molar-refractivity contribution in [2.24, 2.45) is 0 Å². The molecule has 0 radical (unpaired) electrons. The summed E-state index contributed by atoms with van der Waals surface area (Å²) in [6.07, 6.45) is 1.13. The van der Waals surface area contributed by atoms with Gasteiger partial charge in [0.05, 0.1) is 18.2 Å². The van der Waals surface area contributed by atoms with Crippen LogP contribution in [0, 0.1) is 11.3 Å². The average Bonchev–Trinajstić information content (AvgIpc) is 2.19. The summed E-state index contributed by atoms with van der Waals surface area (Å²) in [5.74, 6) is 0.761. The van der Waals surface area contributed by atoms with E-state index < -0.39 is 0 Å². The van der Waals surface area contributed by atoms with Gasteiger partial charge in [-0.15, -0.1) is 0 Å². The third-order valence-corrected chi connectivity index (χ3v) is 3.03. The lowest BCUT2D eigenvalue weighted by molar-refractivity contribution is 0.409. The molecule has 0 aromatic heterocycles. The molecule has 1 aromatic carbocycles. The maximum absolute atomic E-state index is 8.48. The molecular formula is C10H9BrClNO. The van der Waals surface area contributed by atoms with Gasteiger partial charge in [0.15, 0.2) is 0 Å². The van der Waals surface area contributed by atoms with Gasteiger partial charge in [0.2, 0.25) is 0 Å². The standard InChI is InChI=1S/C10H9BrClNO/c1-14-10-6-8(11)9(12)5-7(10)3-2-4-13/h5-6H,2-3H2,1H3. The first-order valence-corrected chi connectivity index (χ1v) is 5.25. The maximum atomic E-state index is 8.48. The van der Waals surface area contributed by atoms with Crippen molar-refractivity contribution in [2.45, 2.75) is 12.8 Å². The van der Waals surface area contributed by atoms with Gasteiger partial charge in [-0.05, 0) is 40.0 Å². The Bertz CT molecular complexity index is 373. The highest BCUT2D eigenvalue weighted by Gasteiger charge is 2.07. The molecule has 0 atom stereocenters. The molecule has 0 amide bonds. The zero-order chi connectivity index (χ0) is 10.6. The van der Waals surface area contributed by atoms with Gasteiger partial charge in [-0.3, -0.25) is 0 Å². The van der Waals surface area contributed by atoms with Crippen molar-refractivity contribution in [2.75, 3.05) is 7.11 Å². The van der Waals surface area contributed by atoms with Gasteiger partial charge in [-0.2, -0.15) is 5.26 Å². The fraction of sp³-hybridized carbons (Fsp3) is 0.300. The van der Waals surface area contributed by atoms with Crippen molar-refractivity contribution in [3.05, 3.63) is 27.2 Å². The smallest absolute Gasteiger partial charge is 0.123 e. The molecule has 0 unspecified atom stereocenters. The SMILES string of the molecule is COc1cc(Br)c(Cl)cc1CCC#N. The van der Waals surface area contributed by atoms with Gasteiger partial charge in [-0.1, -0.05) is 11.6 Å². The van der Waals surface area contributed by atoms with Crippen LogP contribution >= 0.6 is 27.5 Å². The van der Waals surface area contributed by atoms with Crippen LogP contribution in [0.15, 0.2) is 16.6 Å². The number of ether oxygens (including phenoxy) is 1. The van der Waals surface area contributed by atoms with Crippen molar-refractivity contribution in [3.63, 3.8) is 0 Å². The predicted octanol–water partition coefficient (Wildman–Crippen LogP) is 3.57. The summed E-state index contributed by atoms with van der Waals surface area (Å²) in [5, 5.41) is 9.12. The van der Waals surface area contributed by atoms with Gasteiger partial charge in [0, 0.05) is 10.9 Å². The lowest BCUT2D eigenvalue weighted by Crippen LogP contribution is -1.92. The quantitative estimate of drug-likeness (QED) is 0.844. The van der Waals surface area contributed by atoms with E-state index >= 15 is 0 Å². The molecule has 4 heteroatoms. The molecule has 2 nitrogen and oxygen atoms in total. The lowest BCUT2D eigenvalue weighted by atomic mass is 10.1. The van der Waals surface area contributed by atoms with Crippen LogP contribution in [-0.4, -0.2) is 7.11 Å². The molecule has 1 aromatic rings. The second-order valence-corrected chi connectivity index (χ2v) is 4.00. The number of aryl methyl sites for hydroxylation is 1. The molecule has 0 heterocycles. The van der Waals surface area contributed by atoms with E-state index in [0.29, 0.717) is 17.9 Å². The van der Waals surface area contributed by atoms with Crippen LogP contribution < -0.4 is 4.74 Å². The van der Waals surface area contributed by atoms with E-state index in [9.17, 15) is 0 Å². The van der Waals surface area contributed by atoms with Crippen molar-refractivity contribution in [1.29, 1.82) is 5.26 Å². The Morgan fingerprint density at radius 3 is 2.86 bits per heavy atom. The summed E-state index contributed by atoms with van der Waals surface area (Å²) in [4.78, 5) is 0. The number of hydrogen-bond acceptors (Lipinski definition) is 2. The van der Waals surface area contributed by atoms with Gasteiger partial charge < -0.3 is 4.74 Å². The minimum atomic E-state index is 0.467. The van der Waals surface area contributed by atoms with E-state index in [1.54, 1.807) is 7.11 Å². The molecule has 0 saturated heterocycles. The fourth-order valence-electron chi connectivity index (χ4n) is 1.15. The topological polar surface area (TPSA) is 33.0 Å². The molecule has 0 aliphatic rings. The van der Waals surface area contributed by atoms with Gasteiger partial charge >= 0.3 is 0 Å². The molecule has 0 aliphatic carbocycles. The molecule has 1 rings (SSSR count). The molecule has 14 heavy (non-hydrogen) atoms. The van der Waals surface area contributed by atoms with Gasteiger partial charge in [-0.25, -0.2) is 0 Å². The summed E-state index contributed by atoms with van der Waals surface area (Å²) >= 11 is 9.25. The number of rotatable bonds is 3. The normalized spacial score (nSPS) is 9.57. The van der Waals surface area contributed by atoms with Crippen LogP contribution in [0.25, 0.3) is 0 Å². The number of halogens is 2. The molecule has 0 fully saturated rings.